The van der Waals surface area contributed by atoms with Crippen molar-refractivity contribution >= 4 is 12.0 Å². The maximum atomic E-state index is 14.2. The standard InChI is InChI=1S/C19H17FN2O3/c1-12-16(18(23)25-11-13-7-3-2-4-8-13)17(22-19(24)21-12)14-9-5-6-10-15(14)20/h2-10,17H,11H2,1H3,(H2,21,22,24)/t17-/m1/s1. The summed E-state index contributed by atoms with van der Waals surface area (Å²) in [4.78, 5) is 24.4. The first-order valence-corrected chi connectivity index (χ1v) is 7.80. The number of amides is 2. The highest BCUT2D eigenvalue weighted by molar-refractivity contribution is 5.95. The van der Waals surface area contributed by atoms with Crippen molar-refractivity contribution in [3.05, 3.63) is 82.8 Å². The molecule has 1 aliphatic rings. The highest BCUT2D eigenvalue weighted by atomic mass is 19.1. The summed E-state index contributed by atoms with van der Waals surface area (Å²) in [6.07, 6.45) is 0. The number of ether oxygens (including phenoxy) is 1. The van der Waals surface area contributed by atoms with Gasteiger partial charge in [0.2, 0.25) is 0 Å². The average molecular weight is 340 g/mol. The number of benzene rings is 2. The van der Waals surface area contributed by atoms with E-state index in [0.717, 1.165) is 5.56 Å². The quantitative estimate of drug-likeness (QED) is 0.840. The van der Waals surface area contributed by atoms with Crippen LogP contribution in [0.5, 0.6) is 0 Å². The van der Waals surface area contributed by atoms with E-state index < -0.39 is 23.9 Å². The molecule has 1 aliphatic heterocycles. The zero-order valence-corrected chi connectivity index (χ0v) is 13.6. The van der Waals surface area contributed by atoms with Gasteiger partial charge in [-0.3, -0.25) is 0 Å². The number of esters is 1. The molecule has 128 valence electrons. The van der Waals surface area contributed by atoms with E-state index >= 15 is 0 Å². The lowest BCUT2D eigenvalue weighted by Gasteiger charge is -2.28. The summed E-state index contributed by atoms with van der Waals surface area (Å²) in [6.45, 7) is 1.68. The fourth-order valence-corrected chi connectivity index (χ4v) is 2.71. The van der Waals surface area contributed by atoms with Gasteiger partial charge in [-0.05, 0) is 18.6 Å². The number of urea groups is 1. The Hall–Kier alpha value is -3.15. The Morgan fingerprint density at radius 1 is 1.12 bits per heavy atom. The third-order valence-corrected chi connectivity index (χ3v) is 3.92. The second-order valence-electron chi connectivity index (χ2n) is 5.65. The number of nitrogens with one attached hydrogen (secondary N) is 2. The van der Waals surface area contributed by atoms with Crippen molar-refractivity contribution in [2.24, 2.45) is 0 Å². The molecule has 1 heterocycles. The van der Waals surface area contributed by atoms with Crippen LogP contribution in [-0.4, -0.2) is 12.0 Å². The summed E-state index contributed by atoms with van der Waals surface area (Å²) in [6, 6.07) is 13.8. The molecule has 0 bridgehead atoms. The molecule has 0 saturated carbocycles. The van der Waals surface area contributed by atoms with E-state index in [1.165, 1.54) is 12.1 Å². The Balaban J connectivity index is 1.87. The van der Waals surface area contributed by atoms with Crippen LogP contribution in [0.3, 0.4) is 0 Å². The van der Waals surface area contributed by atoms with Crippen molar-refractivity contribution in [2.45, 2.75) is 19.6 Å². The number of carbonyl (C=O) groups excluding carboxylic acids is 2. The lowest BCUT2D eigenvalue weighted by Crippen LogP contribution is -2.45. The molecule has 0 fully saturated rings. The van der Waals surface area contributed by atoms with E-state index in [0.29, 0.717) is 5.70 Å². The number of halogens is 1. The van der Waals surface area contributed by atoms with Gasteiger partial charge in [0, 0.05) is 11.3 Å². The van der Waals surface area contributed by atoms with Crippen LogP contribution in [0.1, 0.15) is 24.1 Å². The first-order chi connectivity index (χ1) is 12.1. The molecule has 25 heavy (non-hydrogen) atoms. The second kappa shape index (κ2) is 7.17. The van der Waals surface area contributed by atoms with E-state index in [4.69, 9.17) is 4.74 Å². The Kier molecular flexibility index (Phi) is 4.79. The first kappa shape index (κ1) is 16.7. The van der Waals surface area contributed by atoms with Gasteiger partial charge < -0.3 is 15.4 Å². The summed E-state index contributed by atoms with van der Waals surface area (Å²) >= 11 is 0. The smallest absolute Gasteiger partial charge is 0.338 e. The fraction of sp³-hybridized carbons (Fsp3) is 0.158. The highest BCUT2D eigenvalue weighted by Crippen LogP contribution is 2.29. The summed E-state index contributed by atoms with van der Waals surface area (Å²) in [5.41, 5.74) is 1.57. The highest BCUT2D eigenvalue weighted by Gasteiger charge is 2.33. The molecule has 3 rings (SSSR count). The van der Waals surface area contributed by atoms with Gasteiger partial charge in [-0.2, -0.15) is 0 Å². The van der Waals surface area contributed by atoms with Crippen molar-refractivity contribution in [1.29, 1.82) is 0 Å². The monoisotopic (exact) mass is 340 g/mol. The minimum Gasteiger partial charge on any atom is -0.457 e. The largest absolute Gasteiger partial charge is 0.457 e. The van der Waals surface area contributed by atoms with Crippen LogP contribution in [0, 0.1) is 5.82 Å². The third-order valence-electron chi connectivity index (χ3n) is 3.92. The van der Waals surface area contributed by atoms with Crippen LogP contribution >= 0.6 is 0 Å². The molecule has 0 aromatic heterocycles. The predicted octanol–water partition coefficient (Wildman–Crippen LogP) is 3.20. The Labute approximate surface area is 144 Å². The van der Waals surface area contributed by atoms with Gasteiger partial charge >= 0.3 is 12.0 Å². The zero-order valence-electron chi connectivity index (χ0n) is 13.6. The van der Waals surface area contributed by atoms with Crippen LogP contribution in [-0.2, 0) is 16.1 Å². The van der Waals surface area contributed by atoms with E-state index in [2.05, 4.69) is 10.6 Å². The van der Waals surface area contributed by atoms with E-state index in [-0.39, 0.29) is 17.7 Å². The number of carbonyl (C=O) groups is 2. The summed E-state index contributed by atoms with van der Waals surface area (Å²) in [7, 11) is 0. The molecule has 2 aromatic carbocycles. The average Bonchev–Trinajstić information content (AvgIpc) is 2.60. The molecular formula is C19H17FN2O3. The van der Waals surface area contributed by atoms with E-state index in [1.54, 1.807) is 19.1 Å². The Bertz CT molecular complexity index is 834. The maximum absolute atomic E-state index is 14.2. The number of hydrogen-bond donors (Lipinski definition) is 2. The molecule has 2 amide bonds. The molecule has 1 atom stereocenters. The van der Waals surface area contributed by atoms with Crippen molar-refractivity contribution in [2.75, 3.05) is 0 Å². The summed E-state index contributed by atoms with van der Waals surface area (Å²) < 4.78 is 19.5. The van der Waals surface area contributed by atoms with Gasteiger partial charge in [0.05, 0.1) is 11.6 Å². The molecule has 0 unspecified atom stereocenters. The molecule has 6 heteroatoms. The van der Waals surface area contributed by atoms with Gasteiger partial charge in [-0.25, -0.2) is 14.0 Å². The van der Waals surface area contributed by atoms with Crippen LogP contribution in [0.4, 0.5) is 9.18 Å². The van der Waals surface area contributed by atoms with Gasteiger partial charge in [0.15, 0.2) is 0 Å². The molecule has 0 aliphatic carbocycles. The normalized spacial score (nSPS) is 16.9. The molecule has 0 spiro atoms. The van der Waals surface area contributed by atoms with Crippen molar-refractivity contribution < 1.29 is 18.7 Å². The van der Waals surface area contributed by atoms with Crippen LogP contribution in [0.25, 0.3) is 0 Å². The lowest BCUT2D eigenvalue weighted by molar-refractivity contribution is -0.140. The van der Waals surface area contributed by atoms with Crippen LogP contribution < -0.4 is 10.6 Å². The van der Waals surface area contributed by atoms with Gasteiger partial charge in [0.25, 0.3) is 0 Å². The van der Waals surface area contributed by atoms with Crippen LogP contribution in [0.15, 0.2) is 65.9 Å². The van der Waals surface area contributed by atoms with Crippen molar-refractivity contribution in [1.82, 2.24) is 10.6 Å². The molecular weight excluding hydrogens is 323 g/mol. The van der Waals surface area contributed by atoms with Crippen molar-refractivity contribution in [3.63, 3.8) is 0 Å². The fourth-order valence-electron chi connectivity index (χ4n) is 2.71. The Morgan fingerprint density at radius 3 is 2.52 bits per heavy atom. The van der Waals surface area contributed by atoms with Gasteiger partial charge in [0.1, 0.15) is 12.4 Å². The topological polar surface area (TPSA) is 67.4 Å². The molecule has 2 aromatic rings. The number of allylic oxidation sites excluding steroid dienone is 1. The minimum atomic E-state index is -0.904. The van der Waals surface area contributed by atoms with E-state index in [1.807, 2.05) is 30.3 Å². The summed E-state index contributed by atoms with van der Waals surface area (Å²) in [5, 5.41) is 5.12. The molecule has 5 nitrogen and oxygen atoms in total. The summed E-state index contributed by atoms with van der Waals surface area (Å²) in [5.74, 6) is -1.11. The number of rotatable bonds is 4. The lowest BCUT2D eigenvalue weighted by atomic mass is 9.95. The molecule has 2 N–H and O–H groups in total. The first-order valence-electron chi connectivity index (χ1n) is 7.80. The van der Waals surface area contributed by atoms with Gasteiger partial charge in [-0.1, -0.05) is 48.5 Å². The van der Waals surface area contributed by atoms with Gasteiger partial charge in [-0.15, -0.1) is 0 Å². The minimum absolute atomic E-state index is 0.0917. The zero-order chi connectivity index (χ0) is 17.8. The second-order valence-corrected chi connectivity index (χ2v) is 5.65. The molecule has 0 radical (unpaired) electrons. The van der Waals surface area contributed by atoms with Crippen LogP contribution in [0.2, 0.25) is 0 Å². The number of hydrogen-bond acceptors (Lipinski definition) is 3. The van der Waals surface area contributed by atoms with E-state index in [9.17, 15) is 14.0 Å². The van der Waals surface area contributed by atoms with Crippen molar-refractivity contribution in [3.8, 4) is 0 Å². The SMILES string of the molecule is CC1=C(C(=O)OCc2ccccc2)[C@@H](c2ccccc2F)NC(=O)N1. The Morgan fingerprint density at radius 2 is 1.80 bits per heavy atom. The third kappa shape index (κ3) is 3.68. The molecule has 0 saturated heterocycles. The predicted molar refractivity (Wildman–Crippen MR) is 89.7 cm³/mol. The maximum Gasteiger partial charge on any atom is 0.338 e.